The molecule has 1 aliphatic rings. The van der Waals surface area contributed by atoms with E-state index in [1.165, 1.54) is 16.7 Å². The summed E-state index contributed by atoms with van der Waals surface area (Å²) < 4.78 is 0.539. The van der Waals surface area contributed by atoms with Crippen LogP contribution in [0.4, 0.5) is 5.69 Å². The molecule has 2 aromatic rings. The van der Waals surface area contributed by atoms with Crippen LogP contribution < -0.4 is 5.32 Å². The molecule has 0 aliphatic carbocycles. The van der Waals surface area contributed by atoms with Gasteiger partial charge < -0.3 is 5.32 Å². The van der Waals surface area contributed by atoms with E-state index in [0.717, 1.165) is 11.3 Å². The average Bonchev–Trinajstić information content (AvgIpc) is 2.82. The van der Waals surface area contributed by atoms with Crippen LogP contribution in [-0.4, -0.2) is 21.8 Å². The molecule has 1 heterocycles. The van der Waals surface area contributed by atoms with Crippen molar-refractivity contribution in [1.82, 2.24) is 4.90 Å². The molecular formula is C17H13ClN2OS2. The molecule has 0 bridgehead atoms. The Hall–Kier alpha value is -1.82. The van der Waals surface area contributed by atoms with Crippen LogP contribution in [0.15, 0.2) is 59.5 Å². The second-order valence-corrected chi connectivity index (χ2v) is 6.92. The highest BCUT2D eigenvalue weighted by Crippen LogP contribution is 2.32. The third-order valence-electron chi connectivity index (χ3n) is 3.27. The van der Waals surface area contributed by atoms with Gasteiger partial charge >= 0.3 is 0 Å². The van der Waals surface area contributed by atoms with Crippen LogP contribution in [-0.2, 0) is 4.79 Å². The van der Waals surface area contributed by atoms with Crippen LogP contribution in [0, 0.1) is 0 Å². The number of nitrogens with zero attached hydrogens (tertiary/aromatic N) is 1. The van der Waals surface area contributed by atoms with Crippen LogP contribution in [0.3, 0.4) is 0 Å². The number of para-hydroxylation sites is 1. The molecule has 0 saturated carbocycles. The second kappa shape index (κ2) is 7.17. The van der Waals surface area contributed by atoms with Gasteiger partial charge in [0.25, 0.3) is 5.91 Å². The van der Waals surface area contributed by atoms with Gasteiger partial charge in [0, 0.05) is 0 Å². The third kappa shape index (κ3) is 3.75. The van der Waals surface area contributed by atoms with Crippen molar-refractivity contribution < 1.29 is 4.79 Å². The van der Waals surface area contributed by atoms with Gasteiger partial charge in [0.2, 0.25) is 0 Å². The molecule has 1 aliphatic heterocycles. The highest BCUT2D eigenvalue weighted by Gasteiger charge is 2.31. The summed E-state index contributed by atoms with van der Waals surface area (Å²) in [5.74, 6) is -0.0941. The number of halogens is 1. The predicted molar refractivity (Wildman–Crippen MR) is 101 cm³/mol. The zero-order chi connectivity index (χ0) is 16.2. The normalized spacial score (nSPS) is 16.2. The quantitative estimate of drug-likeness (QED) is 0.637. The minimum Gasteiger partial charge on any atom is -0.366 e. The fourth-order valence-corrected chi connectivity index (χ4v) is 3.56. The number of hydrogen-bond acceptors (Lipinski definition) is 4. The molecule has 116 valence electrons. The Kier molecular flexibility index (Phi) is 5.00. The number of thiocarbonyl (C=S) groups is 1. The van der Waals surface area contributed by atoms with Crippen LogP contribution in [0.5, 0.6) is 0 Å². The van der Waals surface area contributed by atoms with E-state index in [2.05, 4.69) is 5.32 Å². The van der Waals surface area contributed by atoms with Gasteiger partial charge in [-0.15, -0.1) is 0 Å². The molecule has 1 N–H and O–H groups in total. The average molecular weight is 361 g/mol. The molecule has 0 spiro atoms. The fraction of sp³-hybridized carbons (Fsp3) is 0.0588. The maximum atomic E-state index is 12.5. The SMILES string of the molecule is O=C1C(=Cc2ccccc2)SC(=S)N1CNc1ccccc1Cl. The second-order valence-electron chi connectivity index (χ2n) is 4.84. The number of rotatable bonds is 4. The summed E-state index contributed by atoms with van der Waals surface area (Å²) in [5, 5.41) is 3.75. The van der Waals surface area contributed by atoms with E-state index < -0.39 is 0 Å². The number of amides is 1. The first kappa shape index (κ1) is 16.1. The van der Waals surface area contributed by atoms with Crippen molar-refractivity contribution in [2.45, 2.75) is 0 Å². The minimum atomic E-state index is -0.0941. The lowest BCUT2D eigenvalue weighted by Gasteiger charge is -2.16. The number of anilines is 1. The van der Waals surface area contributed by atoms with Crippen molar-refractivity contribution in [2.24, 2.45) is 0 Å². The van der Waals surface area contributed by atoms with Crippen LogP contribution in [0.2, 0.25) is 5.02 Å². The lowest BCUT2D eigenvalue weighted by atomic mass is 10.2. The summed E-state index contributed by atoms with van der Waals surface area (Å²) in [6.07, 6.45) is 1.86. The highest BCUT2D eigenvalue weighted by molar-refractivity contribution is 8.26. The zero-order valence-corrected chi connectivity index (χ0v) is 14.4. The number of carbonyl (C=O) groups is 1. The molecule has 3 nitrogen and oxygen atoms in total. The molecule has 3 rings (SSSR count). The molecule has 1 saturated heterocycles. The number of carbonyl (C=O) groups excluding carboxylic acids is 1. The molecule has 2 aromatic carbocycles. The van der Waals surface area contributed by atoms with Crippen LogP contribution in [0.1, 0.15) is 5.56 Å². The van der Waals surface area contributed by atoms with E-state index in [-0.39, 0.29) is 5.91 Å². The number of benzene rings is 2. The van der Waals surface area contributed by atoms with Crippen molar-refractivity contribution in [2.75, 3.05) is 12.0 Å². The maximum Gasteiger partial charge on any atom is 0.267 e. The van der Waals surface area contributed by atoms with E-state index in [9.17, 15) is 4.79 Å². The largest absolute Gasteiger partial charge is 0.366 e. The Balaban J connectivity index is 1.72. The maximum absolute atomic E-state index is 12.5. The molecule has 6 heteroatoms. The van der Waals surface area contributed by atoms with Gasteiger partial charge in [0.05, 0.1) is 22.3 Å². The molecular weight excluding hydrogens is 348 g/mol. The molecule has 1 amide bonds. The minimum absolute atomic E-state index is 0.0941. The molecule has 0 atom stereocenters. The number of nitrogens with one attached hydrogen (secondary N) is 1. The van der Waals surface area contributed by atoms with Gasteiger partial charge in [-0.2, -0.15) is 0 Å². The first-order chi connectivity index (χ1) is 11.1. The smallest absolute Gasteiger partial charge is 0.267 e. The lowest BCUT2D eigenvalue weighted by molar-refractivity contribution is -0.121. The Labute approximate surface area is 149 Å². The van der Waals surface area contributed by atoms with Crippen LogP contribution in [0.25, 0.3) is 6.08 Å². The van der Waals surface area contributed by atoms with Gasteiger partial charge in [-0.25, -0.2) is 0 Å². The molecule has 0 radical (unpaired) electrons. The summed E-state index contributed by atoms with van der Waals surface area (Å²) in [7, 11) is 0. The van der Waals surface area contributed by atoms with Gasteiger partial charge in [-0.1, -0.05) is 78.0 Å². The first-order valence-corrected chi connectivity index (χ1v) is 8.54. The van der Waals surface area contributed by atoms with Gasteiger partial charge in [-0.05, 0) is 23.8 Å². The summed E-state index contributed by atoms with van der Waals surface area (Å²) in [4.78, 5) is 14.7. The van der Waals surface area contributed by atoms with E-state index >= 15 is 0 Å². The Morgan fingerprint density at radius 3 is 2.57 bits per heavy atom. The number of thioether (sulfide) groups is 1. The van der Waals surface area contributed by atoms with Gasteiger partial charge in [-0.3, -0.25) is 9.69 Å². The van der Waals surface area contributed by atoms with Gasteiger partial charge in [0.1, 0.15) is 4.32 Å². The molecule has 1 fully saturated rings. The third-order valence-corrected chi connectivity index (χ3v) is 4.98. The Morgan fingerprint density at radius 2 is 1.83 bits per heavy atom. The van der Waals surface area contributed by atoms with Crippen molar-refractivity contribution in [3.05, 3.63) is 70.1 Å². The Morgan fingerprint density at radius 1 is 1.13 bits per heavy atom. The highest BCUT2D eigenvalue weighted by atomic mass is 35.5. The summed E-state index contributed by atoms with van der Waals surface area (Å²) in [6, 6.07) is 17.1. The van der Waals surface area contributed by atoms with E-state index in [0.29, 0.717) is 20.9 Å². The van der Waals surface area contributed by atoms with Crippen LogP contribution >= 0.6 is 35.6 Å². The molecule has 23 heavy (non-hydrogen) atoms. The first-order valence-electron chi connectivity index (χ1n) is 6.94. The lowest BCUT2D eigenvalue weighted by Crippen LogP contribution is -2.33. The van der Waals surface area contributed by atoms with Crippen molar-refractivity contribution in [3.63, 3.8) is 0 Å². The molecule has 0 unspecified atom stereocenters. The van der Waals surface area contributed by atoms with E-state index in [1.54, 1.807) is 6.07 Å². The fourth-order valence-electron chi connectivity index (χ4n) is 2.11. The topological polar surface area (TPSA) is 32.3 Å². The standard InChI is InChI=1S/C17H13ClN2OS2/c18-13-8-4-5-9-14(13)19-11-20-16(21)15(23-17(20)22)10-12-6-2-1-3-7-12/h1-10,19H,11H2. The summed E-state index contributed by atoms with van der Waals surface area (Å²) >= 11 is 12.7. The zero-order valence-electron chi connectivity index (χ0n) is 12.0. The predicted octanol–water partition coefficient (Wildman–Crippen LogP) is 4.61. The van der Waals surface area contributed by atoms with E-state index in [1.807, 2.05) is 54.6 Å². The molecule has 0 aromatic heterocycles. The van der Waals surface area contributed by atoms with Crippen molar-refractivity contribution in [3.8, 4) is 0 Å². The van der Waals surface area contributed by atoms with Gasteiger partial charge in [0.15, 0.2) is 0 Å². The van der Waals surface area contributed by atoms with Crippen molar-refractivity contribution >= 4 is 57.6 Å². The summed E-state index contributed by atoms with van der Waals surface area (Å²) in [5.41, 5.74) is 1.75. The van der Waals surface area contributed by atoms with Crippen molar-refractivity contribution in [1.29, 1.82) is 0 Å². The Bertz CT molecular complexity index is 777. The number of hydrogen-bond donors (Lipinski definition) is 1. The summed E-state index contributed by atoms with van der Waals surface area (Å²) in [6.45, 7) is 0.292. The monoisotopic (exact) mass is 360 g/mol. The van der Waals surface area contributed by atoms with E-state index in [4.69, 9.17) is 23.8 Å².